The molecule has 0 radical (unpaired) electrons. The maximum atomic E-state index is 13.0. The molecule has 1 aliphatic heterocycles. The molecule has 172 valence electrons. The number of rotatable bonds is 7. The van der Waals surface area contributed by atoms with Gasteiger partial charge in [0.05, 0.1) is 27.7 Å². The minimum Gasteiger partial charge on any atom is -0.486 e. The van der Waals surface area contributed by atoms with E-state index in [1.807, 2.05) is 0 Å². The summed E-state index contributed by atoms with van der Waals surface area (Å²) in [5, 5.41) is 2.62. The van der Waals surface area contributed by atoms with Crippen LogP contribution in [0.3, 0.4) is 0 Å². The Hall–Kier alpha value is -2.76. The first-order valence-electron chi connectivity index (χ1n) is 9.19. The summed E-state index contributed by atoms with van der Waals surface area (Å²) >= 11 is 6.14. The summed E-state index contributed by atoms with van der Waals surface area (Å²) in [4.78, 5) is 12.0. The van der Waals surface area contributed by atoms with Crippen LogP contribution in [0.2, 0.25) is 5.02 Å². The van der Waals surface area contributed by atoms with Crippen LogP contribution in [0.25, 0.3) is 0 Å². The zero-order valence-corrected chi connectivity index (χ0v) is 18.1. The van der Waals surface area contributed by atoms with E-state index in [9.17, 15) is 26.4 Å². The number of amides is 1. The summed E-state index contributed by atoms with van der Waals surface area (Å²) in [6.07, 6.45) is -3.50. The van der Waals surface area contributed by atoms with Crippen molar-refractivity contribution >= 4 is 33.2 Å². The smallest absolute Gasteiger partial charge is 0.416 e. The number of fused-ring (bicyclic) bond motifs is 1. The number of anilines is 1. The Morgan fingerprint density at radius 1 is 1.19 bits per heavy atom. The van der Waals surface area contributed by atoms with Gasteiger partial charge in [-0.15, -0.1) is 6.58 Å². The normalized spacial score (nSPS) is 13.7. The molecule has 0 spiro atoms. The zero-order chi connectivity index (χ0) is 23.5. The average molecular weight is 491 g/mol. The molecular weight excluding hydrogens is 473 g/mol. The first kappa shape index (κ1) is 23.9. The Kier molecular flexibility index (Phi) is 7.01. The fourth-order valence-electron chi connectivity index (χ4n) is 2.88. The van der Waals surface area contributed by atoms with Crippen molar-refractivity contribution in [2.75, 3.05) is 31.6 Å². The van der Waals surface area contributed by atoms with Crippen LogP contribution >= 0.6 is 11.6 Å². The summed E-state index contributed by atoms with van der Waals surface area (Å²) in [6, 6.07) is 6.17. The van der Waals surface area contributed by atoms with Crippen LogP contribution in [0.1, 0.15) is 5.56 Å². The number of nitrogens with one attached hydrogen (secondary N) is 1. The molecule has 1 aliphatic rings. The predicted molar refractivity (Wildman–Crippen MR) is 111 cm³/mol. The highest BCUT2D eigenvalue weighted by atomic mass is 35.5. The molecule has 32 heavy (non-hydrogen) atoms. The molecule has 0 saturated carbocycles. The van der Waals surface area contributed by atoms with Gasteiger partial charge < -0.3 is 14.8 Å². The third kappa shape index (κ3) is 5.34. The molecule has 0 fully saturated rings. The van der Waals surface area contributed by atoms with Crippen molar-refractivity contribution in [3.05, 3.63) is 59.6 Å². The summed E-state index contributed by atoms with van der Waals surface area (Å²) in [6.45, 7) is 3.11. The molecular formula is C20H18ClF3N2O5S. The number of hydrogen-bond acceptors (Lipinski definition) is 5. The van der Waals surface area contributed by atoms with Crippen molar-refractivity contribution in [1.82, 2.24) is 4.31 Å². The van der Waals surface area contributed by atoms with Gasteiger partial charge in [-0.05, 0) is 18.2 Å². The predicted octanol–water partition coefficient (Wildman–Crippen LogP) is 3.95. The number of benzene rings is 2. The van der Waals surface area contributed by atoms with Crippen LogP contribution in [0.5, 0.6) is 11.5 Å². The van der Waals surface area contributed by atoms with Crippen LogP contribution < -0.4 is 14.8 Å². The van der Waals surface area contributed by atoms with E-state index in [0.29, 0.717) is 35.1 Å². The van der Waals surface area contributed by atoms with Gasteiger partial charge in [0, 0.05) is 18.7 Å². The van der Waals surface area contributed by atoms with Crippen LogP contribution in [-0.4, -0.2) is 44.9 Å². The number of carbonyl (C=O) groups is 1. The lowest BCUT2D eigenvalue weighted by atomic mass is 10.2. The molecule has 0 atom stereocenters. The lowest BCUT2D eigenvalue weighted by Crippen LogP contribution is -2.38. The fourth-order valence-corrected chi connectivity index (χ4v) is 4.50. The SMILES string of the molecule is C=CCN(CC(=O)Nc1cc2c(cc1Cl)OCCO2)S(=O)(=O)c1cccc(C(F)(F)F)c1. The summed E-state index contributed by atoms with van der Waals surface area (Å²) in [7, 11) is -4.43. The van der Waals surface area contributed by atoms with E-state index >= 15 is 0 Å². The third-order valence-electron chi connectivity index (χ3n) is 4.36. The zero-order valence-electron chi connectivity index (χ0n) is 16.5. The van der Waals surface area contributed by atoms with E-state index in [1.165, 1.54) is 18.2 Å². The topological polar surface area (TPSA) is 84.9 Å². The Morgan fingerprint density at radius 2 is 1.84 bits per heavy atom. The van der Waals surface area contributed by atoms with Crippen molar-refractivity contribution in [3.8, 4) is 11.5 Å². The Bertz CT molecular complexity index is 1140. The molecule has 0 saturated heterocycles. The summed E-state index contributed by atoms with van der Waals surface area (Å²) < 4.78 is 76.3. The van der Waals surface area contributed by atoms with Gasteiger partial charge in [0.2, 0.25) is 15.9 Å². The van der Waals surface area contributed by atoms with E-state index < -0.39 is 39.1 Å². The highest BCUT2D eigenvalue weighted by Gasteiger charge is 2.33. The monoisotopic (exact) mass is 490 g/mol. The van der Waals surface area contributed by atoms with E-state index in [2.05, 4.69) is 11.9 Å². The fraction of sp³-hybridized carbons (Fsp3) is 0.250. The molecule has 0 bridgehead atoms. The number of nitrogens with zero attached hydrogens (tertiary/aromatic N) is 1. The molecule has 3 rings (SSSR count). The first-order chi connectivity index (χ1) is 15.0. The van der Waals surface area contributed by atoms with E-state index in [0.717, 1.165) is 18.2 Å². The third-order valence-corrected chi connectivity index (χ3v) is 6.48. The molecule has 0 aliphatic carbocycles. The van der Waals surface area contributed by atoms with Crippen LogP contribution in [-0.2, 0) is 21.0 Å². The minimum absolute atomic E-state index is 0.138. The van der Waals surface area contributed by atoms with Crippen LogP contribution in [0.15, 0.2) is 53.9 Å². The first-order valence-corrected chi connectivity index (χ1v) is 11.0. The maximum Gasteiger partial charge on any atom is 0.416 e. The van der Waals surface area contributed by atoms with Gasteiger partial charge in [-0.25, -0.2) is 8.42 Å². The quantitative estimate of drug-likeness (QED) is 0.594. The van der Waals surface area contributed by atoms with Gasteiger partial charge in [-0.3, -0.25) is 4.79 Å². The van der Waals surface area contributed by atoms with E-state index in [-0.39, 0.29) is 17.3 Å². The van der Waals surface area contributed by atoms with E-state index in [4.69, 9.17) is 21.1 Å². The minimum atomic E-state index is -4.72. The average Bonchev–Trinajstić information content (AvgIpc) is 2.73. The number of carbonyl (C=O) groups excluding carboxylic acids is 1. The second-order valence-corrected chi connectivity index (χ2v) is 8.98. The molecule has 1 amide bonds. The summed E-state index contributed by atoms with van der Waals surface area (Å²) in [5.74, 6) is -0.00359. The second kappa shape index (κ2) is 9.39. The Labute approximate surface area is 187 Å². The Morgan fingerprint density at radius 3 is 2.47 bits per heavy atom. The van der Waals surface area contributed by atoms with Crippen molar-refractivity contribution < 1.29 is 35.9 Å². The molecule has 0 unspecified atom stereocenters. The van der Waals surface area contributed by atoms with Crippen molar-refractivity contribution in [2.24, 2.45) is 0 Å². The van der Waals surface area contributed by atoms with Crippen LogP contribution in [0, 0.1) is 0 Å². The van der Waals surface area contributed by atoms with Crippen molar-refractivity contribution in [3.63, 3.8) is 0 Å². The van der Waals surface area contributed by atoms with E-state index in [1.54, 1.807) is 0 Å². The van der Waals surface area contributed by atoms with Gasteiger partial charge in [-0.2, -0.15) is 17.5 Å². The standard InChI is InChI=1S/C20H18ClF3N2O5S/c1-2-6-26(32(28,29)14-5-3-4-13(9-14)20(22,23)24)12-19(27)25-16-11-18-17(10-15(16)21)30-7-8-31-18/h2-5,9-11H,1,6-8,12H2,(H,25,27). The number of ether oxygens (including phenoxy) is 2. The molecule has 2 aromatic carbocycles. The molecule has 1 heterocycles. The molecule has 0 aromatic heterocycles. The number of hydrogen-bond donors (Lipinski definition) is 1. The van der Waals surface area contributed by atoms with Crippen molar-refractivity contribution in [1.29, 1.82) is 0 Å². The second-order valence-electron chi connectivity index (χ2n) is 6.64. The highest BCUT2D eigenvalue weighted by molar-refractivity contribution is 7.89. The lowest BCUT2D eigenvalue weighted by molar-refractivity contribution is -0.137. The molecule has 7 nitrogen and oxygen atoms in total. The Balaban J connectivity index is 1.82. The largest absolute Gasteiger partial charge is 0.486 e. The summed E-state index contributed by atoms with van der Waals surface area (Å²) in [5.41, 5.74) is -0.958. The van der Waals surface area contributed by atoms with Crippen molar-refractivity contribution in [2.45, 2.75) is 11.1 Å². The van der Waals surface area contributed by atoms with Gasteiger partial charge in [-0.1, -0.05) is 23.7 Å². The van der Waals surface area contributed by atoms with Gasteiger partial charge in [0.15, 0.2) is 11.5 Å². The highest BCUT2D eigenvalue weighted by Crippen LogP contribution is 2.38. The molecule has 1 N–H and O–H groups in total. The van der Waals surface area contributed by atoms with Gasteiger partial charge in [0.1, 0.15) is 13.2 Å². The number of sulfonamides is 1. The number of halogens is 4. The maximum absolute atomic E-state index is 13.0. The lowest BCUT2D eigenvalue weighted by Gasteiger charge is -2.22. The molecule has 12 heteroatoms. The van der Waals surface area contributed by atoms with Crippen LogP contribution in [0.4, 0.5) is 18.9 Å². The van der Waals surface area contributed by atoms with Gasteiger partial charge in [0.25, 0.3) is 0 Å². The van der Waals surface area contributed by atoms with Gasteiger partial charge >= 0.3 is 6.18 Å². The number of alkyl halides is 3. The molecule has 2 aromatic rings.